The largest absolute Gasteiger partial charge is 0.290 e. The Morgan fingerprint density at radius 2 is 1.59 bits per heavy atom. The Labute approximate surface area is 236 Å². The Hall–Kier alpha value is -5.80. The van der Waals surface area contributed by atoms with Gasteiger partial charge in [0.25, 0.3) is 17.4 Å². The molecule has 41 heavy (non-hydrogen) atoms. The van der Waals surface area contributed by atoms with E-state index in [-0.39, 0.29) is 29.0 Å². The van der Waals surface area contributed by atoms with E-state index in [1.54, 1.807) is 54.7 Å². The lowest BCUT2D eigenvalue weighted by molar-refractivity contribution is 0.0652. The lowest BCUT2D eigenvalue weighted by Gasteiger charge is -2.12. The highest BCUT2D eigenvalue weighted by Gasteiger charge is 2.34. The molecular formula is C32H24N6O3. The van der Waals surface area contributed by atoms with E-state index >= 15 is 0 Å². The first-order valence-corrected chi connectivity index (χ1v) is 13.0. The minimum atomic E-state index is -0.550. The van der Waals surface area contributed by atoms with Gasteiger partial charge in [-0.25, -0.2) is 10.4 Å². The summed E-state index contributed by atoms with van der Waals surface area (Å²) in [4.78, 5) is 45.4. The number of carbonyl (C=O) groups excluding carboxylic acids is 2. The van der Waals surface area contributed by atoms with Gasteiger partial charge in [-0.2, -0.15) is 10.4 Å². The number of H-pyrrole nitrogens is 1. The monoisotopic (exact) mass is 540 g/mol. The number of rotatable bonds is 8. The summed E-state index contributed by atoms with van der Waals surface area (Å²) in [6.07, 6.45) is 3.69. The van der Waals surface area contributed by atoms with Gasteiger partial charge in [-0.3, -0.25) is 24.3 Å². The Bertz CT molecular complexity index is 1760. The average Bonchev–Trinajstić information content (AvgIpc) is 3.24. The van der Waals surface area contributed by atoms with Crippen molar-refractivity contribution in [1.82, 2.24) is 14.9 Å². The van der Waals surface area contributed by atoms with Gasteiger partial charge in [0.15, 0.2) is 0 Å². The summed E-state index contributed by atoms with van der Waals surface area (Å²) < 4.78 is 0. The second-order valence-corrected chi connectivity index (χ2v) is 9.17. The van der Waals surface area contributed by atoms with Gasteiger partial charge in [-0.05, 0) is 42.7 Å². The van der Waals surface area contributed by atoms with Crippen LogP contribution in [0.5, 0.6) is 0 Å². The number of anilines is 1. The second kappa shape index (κ2) is 12.4. The molecule has 0 spiro atoms. The fourth-order valence-electron chi connectivity index (χ4n) is 4.35. The molecule has 0 unspecified atom stereocenters. The minimum absolute atomic E-state index is 0.0646. The number of amides is 2. The highest BCUT2D eigenvalue weighted by molar-refractivity contribution is 6.21. The zero-order chi connectivity index (χ0) is 28.6. The summed E-state index contributed by atoms with van der Waals surface area (Å²) in [5, 5.41) is 13.5. The summed E-state index contributed by atoms with van der Waals surface area (Å²) in [7, 11) is 0. The van der Waals surface area contributed by atoms with Gasteiger partial charge in [0.2, 0.25) is 5.95 Å². The lowest BCUT2D eigenvalue weighted by Crippen LogP contribution is -2.30. The third-order valence-corrected chi connectivity index (χ3v) is 6.42. The van der Waals surface area contributed by atoms with E-state index in [0.717, 1.165) is 17.5 Å². The van der Waals surface area contributed by atoms with Gasteiger partial charge < -0.3 is 0 Å². The fraction of sp³-hybridized carbons (Fsp3) is 0.125. The Morgan fingerprint density at radius 3 is 2.27 bits per heavy atom. The molecule has 0 bridgehead atoms. The number of hydrogen-bond acceptors (Lipinski definition) is 7. The zero-order valence-electron chi connectivity index (χ0n) is 21.9. The van der Waals surface area contributed by atoms with E-state index in [1.807, 2.05) is 36.4 Å². The van der Waals surface area contributed by atoms with Crippen LogP contribution in [0.3, 0.4) is 0 Å². The second-order valence-electron chi connectivity index (χ2n) is 9.17. The molecule has 4 aromatic rings. The van der Waals surface area contributed by atoms with Gasteiger partial charge in [0, 0.05) is 24.1 Å². The van der Waals surface area contributed by atoms with Crippen LogP contribution in [-0.4, -0.2) is 39.4 Å². The lowest BCUT2D eigenvalue weighted by atomic mass is 10.1. The maximum absolute atomic E-state index is 12.4. The van der Waals surface area contributed by atoms with Crippen molar-refractivity contribution in [3.05, 3.63) is 117 Å². The van der Waals surface area contributed by atoms with E-state index in [1.165, 1.54) is 4.90 Å². The van der Waals surface area contributed by atoms with Crippen molar-refractivity contribution in [2.24, 2.45) is 5.10 Å². The Balaban J connectivity index is 1.11. The molecule has 1 aromatic heterocycles. The van der Waals surface area contributed by atoms with Crippen LogP contribution in [0.15, 0.2) is 88.8 Å². The maximum Gasteiger partial charge on any atom is 0.270 e. The average molecular weight is 541 g/mol. The van der Waals surface area contributed by atoms with E-state index in [0.29, 0.717) is 36.1 Å². The van der Waals surface area contributed by atoms with Gasteiger partial charge >= 0.3 is 0 Å². The number of benzene rings is 3. The predicted octanol–water partition coefficient (Wildman–Crippen LogP) is 4.57. The van der Waals surface area contributed by atoms with Crippen LogP contribution in [0.2, 0.25) is 0 Å². The molecule has 2 N–H and O–H groups in total. The number of nitrogens with zero attached hydrogens (tertiary/aromatic N) is 4. The maximum atomic E-state index is 12.4. The molecule has 200 valence electrons. The van der Waals surface area contributed by atoms with Crippen molar-refractivity contribution >= 4 is 24.0 Å². The van der Waals surface area contributed by atoms with Crippen LogP contribution in [0.4, 0.5) is 5.95 Å². The molecule has 3 aromatic carbocycles. The van der Waals surface area contributed by atoms with Crippen molar-refractivity contribution in [2.45, 2.75) is 19.3 Å². The first-order chi connectivity index (χ1) is 20.0. The topological polar surface area (TPSA) is 131 Å². The van der Waals surface area contributed by atoms with Crippen LogP contribution < -0.4 is 11.0 Å². The number of carbonyl (C=O) groups is 2. The summed E-state index contributed by atoms with van der Waals surface area (Å²) in [6.45, 7) is 0.384. The van der Waals surface area contributed by atoms with E-state index in [4.69, 9.17) is 0 Å². The number of hydrazone groups is 1. The number of aromatic nitrogens is 2. The van der Waals surface area contributed by atoms with Crippen molar-refractivity contribution in [3.8, 4) is 29.2 Å². The normalized spacial score (nSPS) is 12.1. The summed E-state index contributed by atoms with van der Waals surface area (Å²) >= 11 is 0. The van der Waals surface area contributed by atoms with Crippen LogP contribution in [0.25, 0.3) is 11.3 Å². The standard InChI is InChI=1S/C32H24N6O3/c33-20-27-28(24-11-5-3-6-12-24)35-32(36-29(27)39)37-34-21-23-17-15-22(16-18-23)10-4-1-2-9-19-38-30(40)25-13-7-8-14-26(25)31(38)41/h3,5-8,11-18,21H,1-2,9,19H2,(H2,35,36,37,39). The number of nitriles is 1. The number of nitrogens with one attached hydrogen (secondary N) is 2. The molecule has 9 heteroatoms. The van der Waals surface area contributed by atoms with Crippen LogP contribution in [0, 0.1) is 23.2 Å². The SMILES string of the molecule is N#Cc1c(-c2ccccc2)nc(NN=Cc2ccc(C#CCCCCN3C(=O)c4ccccc4C3=O)cc2)[nH]c1=O. The number of hydrogen-bond donors (Lipinski definition) is 2. The van der Waals surface area contributed by atoms with Crippen molar-refractivity contribution < 1.29 is 9.59 Å². The van der Waals surface area contributed by atoms with E-state index < -0.39 is 5.56 Å². The first-order valence-electron chi connectivity index (χ1n) is 13.0. The molecule has 0 fully saturated rings. The molecular weight excluding hydrogens is 516 g/mol. The highest BCUT2D eigenvalue weighted by atomic mass is 16.2. The van der Waals surface area contributed by atoms with Crippen LogP contribution in [0.1, 0.15) is 56.7 Å². The molecule has 0 radical (unpaired) electrons. The van der Waals surface area contributed by atoms with Gasteiger partial charge in [-0.15, -0.1) is 0 Å². The molecule has 5 rings (SSSR count). The number of fused-ring (bicyclic) bond motifs is 1. The van der Waals surface area contributed by atoms with Crippen LogP contribution in [-0.2, 0) is 0 Å². The van der Waals surface area contributed by atoms with E-state index in [9.17, 15) is 19.6 Å². The third kappa shape index (κ3) is 6.11. The molecule has 2 heterocycles. The molecule has 0 saturated carbocycles. The third-order valence-electron chi connectivity index (χ3n) is 6.42. The number of unbranched alkanes of at least 4 members (excludes halogenated alkanes) is 2. The van der Waals surface area contributed by atoms with Crippen molar-refractivity contribution in [2.75, 3.05) is 12.0 Å². The Kier molecular flexibility index (Phi) is 8.08. The molecule has 0 aliphatic carbocycles. The number of aromatic amines is 1. The van der Waals surface area contributed by atoms with Crippen molar-refractivity contribution in [1.29, 1.82) is 5.26 Å². The number of imide groups is 1. The first kappa shape index (κ1) is 26.8. The molecule has 0 saturated heterocycles. The zero-order valence-corrected chi connectivity index (χ0v) is 21.9. The van der Waals surface area contributed by atoms with Crippen molar-refractivity contribution in [3.63, 3.8) is 0 Å². The van der Waals surface area contributed by atoms with Gasteiger partial charge in [0.05, 0.1) is 23.0 Å². The summed E-state index contributed by atoms with van der Waals surface area (Å²) in [5.74, 6) is 5.92. The quantitative estimate of drug-likeness (QED) is 0.111. The van der Waals surface area contributed by atoms with E-state index in [2.05, 4.69) is 32.3 Å². The molecule has 0 atom stereocenters. The smallest absolute Gasteiger partial charge is 0.270 e. The summed E-state index contributed by atoms with van der Waals surface area (Å²) in [5.41, 5.74) is 5.63. The predicted molar refractivity (Wildman–Crippen MR) is 155 cm³/mol. The minimum Gasteiger partial charge on any atom is -0.290 e. The van der Waals surface area contributed by atoms with Crippen LogP contribution >= 0.6 is 0 Å². The highest BCUT2D eigenvalue weighted by Crippen LogP contribution is 2.23. The molecule has 9 nitrogen and oxygen atoms in total. The molecule has 2 amide bonds. The molecule has 1 aliphatic heterocycles. The fourth-order valence-corrected chi connectivity index (χ4v) is 4.35. The molecule has 1 aliphatic rings. The summed E-state index contributed by atoms with van der Waals surface area (Å²) in [6, 6.07) is 25.3. The van der Waals surface area contributed by atoms with Gasteiger partial charge in [0.1, 0.15) is 11.6 Å². The van der Waals surface area contributed by atoms with Gasteiger partial charge in [-0.1, -0.05) is 66.4 Å². The Morgan fingerprint density at radius 1 is 0.902 bits per heavy atom.